The second kappa shape index (κ2) is 7.30. The summed E-state index contributed by atoms with van der Waals surface area (Å²) in [6, 6.07) is 14.2. The number of hydrogen-bond acceptors (Lipinski definition) is 6. The lowest BCUT2D eigenvalue weighted by molar-refractivity contribution is 0.192. The maximum atomic E-state index is 13.1. The Balaban J connectivity index is 1.54. The highest BCUT2D eigenvalue weighted by molar-refractivity contribution is 7.71. The average molecular weight is 401 g/mol. The molecule has 1 atom stereocenters. The molecule has 0 radical (unpaired) electrons. The van der Waals surface area contributed by atoms with Crippen LogP contribution in [0.25, 0.3) is 21.7 Å². The van der Waals surface area contributed by atoms with E-state index in [4.69, 9.17) is 21.6 Å². The number of nitrogens with zero attached hydrogens (tertiary/aromatic N) is 4. The molecule has 2 heterocycles. The van der Waals surface area contributed by atoms with E-state index in [1.54, 1.807) is 28.2 Å². The number of hydrogen-bond donors (Lipinski definition) is 0. The normalized spacial score (nSPS) is 12.7. The fourth-order valence-corrected chi connectivity index (χ4v) is 3.96. The van der Waals surface area contributed by atoms with E-state index >= 15 is 0 Å². The van der Waals surface area contributed by atoms with Gasteiger partial charge in [0.2, 0.25) is 5.89 Å². The average Bonchev–Trinajstić information content (AvgIpc) is 3.25. The van der Waals surface area contributed by atoms with E-state index < -0.39 is 0 Å². The van der Waals surface area contributed by atoms with Gasteiger partial charge >= 0.3 is 0 Å². The molecule has 0 aliphatic carbocycles. The standard InChI is InChI=1S/C19H17FN4OS2/c1-12(18-21-15-5-3-4-6-16(15)27-18)23(2)11-24-19(26)25-17(22-24)13-7-9-14(20)10-8-13/h3-10,12H,11H2,1-2H3/t12-/m0/s1. The Hall–Kier alpha value is -2.42. The molecule has 0 amide bonds. The van der Waals surface area contributed by atoms with Crippen LogP contribution in [0.3, 0.4) is 0 Å². The minimum Gasteiger partial charge on any atom is -0.409 e. The van der Waals surface area contributed by atoms with Crippen LogP contribution in [0, 0.1) is 10.7 Å². The van der Waals surface area contributed by atoms with Crippen molar-refractivity contribution < 1.29 is 8.81 Å². The summed E-state index contributed by atoms with van der Waals surface area (Å²) in [7, 11) is 1.99. The Kier molecular flexibility index (Phi) is 4.86. The summed E-state index contributed by atoms with van der Waals surface area (Å²) in [5.41, 5.74) is 1.69. The molecule has 0 spiro atoms. The first-order valence-electron chi connectivity index (χ1n) is 8.41. The molecule has 0 aliphatic rings. The first-order chi connectivity index (χ1) is 13.0. The second-order valence-electron chi connectivity index (χ2n) is 6.27. The van der Waals surface area contributed by atoms with Gasteiger partial charge in [-0.25, -0.2) is 14.1 Å². The monoisotopic (exact) mass is 400 g/mol. The summed E-state index contributed by atoms with van der Waals surface area (Å²) in [4.78, 5) is 7.10. The smallest absolute Gasteiger partial charge is 0.288 e. The SMILES string of the molecule is C[C@@H](c1nc2ccccc2s1)N(C)Cn1nc(-c2ccc(F)cc2)oc1=S. The van der Waals surface area contributed by atoms with Crippen molar-refractivity contribution >= 4 is 33.8 Å². The number of halogens is 1. The highest BCUT2D eigenvalue weighted by atomic mass is 32.1. The molecule has 4 rings (SSSR count). The predicted molar refractivity (Wildman–Crippen MR) is 107 cm³/mol. The molecule has 0 aliphatic heterocycles. The van der Waals surface area contributed by atoms with Crippen molar-refractivity contribution in [2.24, 2.45) is 0 Å². The van der Waals surface area contributed by atoms with Crippen molar-refractivity contribution in [2.75, 3.05) is 7.05 Å². The van der Waals surface area contributed by atoms with Gasteiger partial charge in [0, 0.05) is 5.56 Å². The summed E-state index contributed by atoms with van der Waals surface area (Å²) < 4.78 is 21.5. The molecular weight excluding hydrogens is 383 g/mol. The number of benzene rings is 2. The molecule has 0 bridgehead atoms. The van der Waals surface area contributed by atoms with E-state index in [0.29, 0.717) is 18.1 Å². The molecule has 27 heavy (non-hydrogen) atoms. The van der Waals surface area contributed by atoms with Crippen LogP contribution in [0.1, 0.15) is 18.0 Å². The fourth-order valence-electron chi connectivity index (χ4n) is 2.70. The molecule has 0 unspecified atom stereocenters. The second-order valence-corrected chi connectivity index (χ2v) is 7.69. The fraction of sp³-hybridized carbons (Fsp3) is 0.211. The van der Waals surface area contributed by atoms with Crippen LogP contribution in [0.5, 0.6) is 0 Å². The van der Waals surface area contributed by atoms with Crippen molar-refractivity contribution in [3.8, 4) is 11.5 Å². The van der Waals surface area contributed by atoms with E-state index in [0.717, 1.165) is 10.5 Å². The van der Waals surface area contributed by atoms with E-state index in [9.17, 15) is 4.39 Å². The van der Waals surface area contributed by atoms with Crippen molar-refractivity contribution in [1.82, 2.24) is 19.7 Å². The third-order valence-electron chi connectivity index (χ3n) is 4.38. The highest BCUT2D eigenvalue weighted by Crippen LogP contribution is 2.29. The van der Waals surface area contributed by atoms with Gasteiger partial charge in [-0.2, -0.15) is 0 Å². The molecule has 0 saturated heterocycles. The predicted octanol–water partition coefficient (Wildman–Crippen LogP) is 5.27. The molecule has 5 nitrogen and oxygen atoms in total. The van der Waals surface area contributed by atoms with Gasteiger partial charge in [0.15, 0.2) is 0 Å². The van der Waals surface area contributed by atoms with Crippen molar-refractivity contribution in [3.05, 3.63) is 64.2 Å². The molecule has 138 valence electrons. The van der Waals surface area contributed by atoms with Crippen LogP contribution >= 0.6 is 23.6 Å². The maximum Gasteiger partial charge on any atom is 0.288 e. The van der Waals surface area contributed by atoms with Gasteiger partial charge < -0.3 is 4.42 Å². The number of aromatic nitrogens is 3. The Morgan fingerprint density at radius 3 is 2.70 bits per heavy atom. The Morgan fingerprint density at radius 2 is 1.96 bits per heavy atom. The first-order valence-corrected chi connectivity index (χ1v) is 9.63. The summed E-state index contributed by atoms with van der Waals surface area (Å²) in [5, 5.41) is 5.47. The molecule has 4 aromatic rings. The zero-order chi connectivity index (χ0) is 19.0. The van der Waals surface area contributed by atoms with Gasteiger partial charge in [-0.05, 0) is 62.6 Å². The Bertz CT molecular complexity index is 1100. The molecule has 2 aromatic carbocycles. The van der Waals surface area contributed by atoms with E-state index in [2.05, 4.69) is 23.0 Å². The quantitative estimate of drug-likeness (QED) is 0.427. The number of thiazole rings is 1. The summed E-state index contributed by atoms with van der Waals surface area (Å²) in [6.45, 7) is 2.56. The molecular formula is C19H17FN4OS2. The lowest BCUT2D eigenvalue weighted by Gasteiger charge is -2.22. The lowest BCUT2D eigenvalue weighted by Crippen LogP contribution is -2.26. The Labute approximate surface area is 164 Å². The topological polar surface area (TPSA) is 47.1 Å². The van der Waals surface area contributed by atoms with E-state index in [-0.39, 0.29) is 16.7 Å². The number of rotatable bonds is 5. The lowest BCUT2D eigenvalue weighted by atomic mass is 10.2. The van der Waals surface area contributed by atoms with E-state index in [1.807, 2.05) is 25.2 Å². The molecule has 2 aromatic heterocycles. The molecule has 0 N–H and O–H groups in total. The van der Waals surface area contributed by atoms with E-state index in [1.165, 1.54) is 16.8 Å². The van der Waals surface area contributed by atoms with Crippen molar-refractivity contribution in [1.29, 1.82) is 0 Å². The van der Waals surface area contributed by atoms with Crippen LogP contribution in [0.4, 0.5) is 4.39 Å². The van der Waals surface area contributed by atoms with Crippen LogP contribution in [-0.4, -0.2) is 26.7 Å². The van der Waals surface area contributed by atoms with Gasteiger partial charge in [0.05, 0.1) is 22.9 Å². The summed E-state index contributed by atoms with van der Waals surface area (Å²) in [5.74, 6) is 0.0715. The van der Waals surface area contributed by atoms with Gasteiger partial charge in [-0.3, -0.25) is 4.90 Å². The van der Waals surface area contributed by atoms with Gasteiger partial charge in [-0.1, -0.05) is 12.1 Å². The minimum absolute atomic E-state index is 0.0928. The van der Waals surface area contributed by atoms with Crippen LogP contribution in [0.15, 0.2) is 52.9 Å². The van der Waals surface area contributed by atoms with Crippen molar-refractivity contribution in [3.63, 3.8) is 0 Å². The van der Waals surface area contributed by atoms with Gasteiger partial charge in [0.25, 0.3) is 4.84 Å². The zero-order valence-corrected chi connectivity index (χ0v) is 16.4. The van der Waals surface area contributed by atoms with Gasteiger partial charge in [0.1, 0.15) is 10.8 Å². The third-order valence-corrected chi connectivity index (χ3v) is 5.88. The number of para-hydroxylation sites is 1. The largest absolute Gasteiger partial charge is 0.409 e. The first kappa shape index (κ1) is 18.0. The molecule has 0 fully saturated rings. The maximum absolute atomic E-state index is 13.1. The Morgan fingerprint density at radius 1 is 1.22 bits per heavy atom. The molecule has 0 saturated carbocycles. The highest BCUT2D eigenvalue weighted by Gasteiger charge is 2.18. The van der Waals surface area contributed by atoms with Crippen LogP contribution < -0.4 is 0 Å². The van der Waals surface area contributed by atoms with Crippen molar-refractivity contribution in [2.45, 2.75) is 19.6 Å². The molecule has 8 heteroatoms. The zero-order valence-electron chi connectivity index (χ0n) is 14.8. The van der Waals surface area contributed by atoms with Gasteiger partial charge in [-0.15, -0.1) is 16.4 Å². The summed E-state index contributed by atoms with van der Waals surface area (Å²) in [6.07, 6.45) is 0. The third kappa shape index (κ3) is 3.69. The van der Waals surface area contributed by atoms with Crippen LogP contribution in [-0.2, 0) is 6.67 Å². The number of fused-ring (bicyclic) bond motifs is 1. The van der Waals surface area contributed by atoms with Crippen LogP contribution in [0.2, 0.25) is 0 Å². The minimum atomic E-state index is -0.304. The summed E-state index contributed by atoms with van der Waals surface area (Å²) >= 11 is 6.98.